The SMILES string of the molecule is C=CC(C)NC(=O)N1C[C@H](O)C[C@H]1C(=O)O. The van der Waals surface area contributed by atoms with E-state index in [1.165, 1.54) is 0 Å². The molecule has 2 amide bonds. The summed E-state index contributed by atoms with van der Waals surface area (Å²) < 4.78 is 0. The second-order valence-electron chi connectivity index (χ2n) is 3.87. The van der Waals surface area contributed by atoms with Crippen molar-refractivity contribution in [1.82, 2.24) is 10.2 Å². The van der Waals surface area contributed by atoms with Crippen LogP contribution in [0.4, 0.5) is 4.79 Å². The Balaban J connectivity index is 2.66. The second-order valence-corrected chi connectivity index (χ2v) is 3.87. The van der Waals surface area contributed by atoms with Crippen molar-refractivity contribution in [2.45, 2.75) is 31.5 Å². The average molecular weight is 228 g/mol. The summed E-state index contributed by atoms with van der Waals surface area (Å²) in [7, 11) is 0. The lowest BCUT2D eigenvalue weighted by Gasteiger charge is -2.23. The molecule has 1 saturated heterocycles. The van der Waals surface area contributed by atoms with E-state index in [0.717, 1.165) is 4.90 Å². The van der Waals surface area contributed by atoms with E-state index in [2.05, 4.69) is 11.9 Å². The van der Waals surface area contributed by atoms with Gasteiger partial charge in [0, 0.05) is 19.0 Å². The lowest BCUT2D eigenvalue weighted by atomic mass is 10.2. The van der Waals surface area contributed by atoms with Crippen molar-refractivity contribution < 1.29 is 19.8 Å². The molecule has 1 aliphatic heterocycles. The zero-order valence-corrected chi connectivity index (χ0v) is 9.09. The lowest BCUT2D eigenvalue weighted by Crippen LogP contribution is -2.48. The van der Waals surface area contributed by atoms with E-state index in [-0.39, 0.29) is 19.0 Å². The van der Waals surface area contributed by atoms with Gasteiger partial charge in [0.15, 0.2) is 0 Å². The van der Waals surface area contributed by atoms with Crippen LogP contribution in [0.15, 0.2) is 12.7 Å². The van der Waals surface area contributed by atoms with Crippen LogP contribution in [0.25, 0.3) is 0 Å². The summed E-state index contributed by atoms with van der Waals surface area (Å²) in [6.45, 7) is 5.29. The van der Waals surface area contributed by atoms with Crippen LogP contribution in [-0.2, 0) is 4.79 Å². The van der Waals surface area contributed by atoms with Gasteiger partial charge in [0.2, 0.25) is 0 Å². The maximum absolute atomic E-state index is 11.7. The highest BCUT2D eigenvalue weighted by Gasteiger charge is 2.39. The van der Waals surface area contributed by atoms with Crippen LogP contribution >= 0.6 is 0 Å². The number of aliphatic hydroxyl groups excluding tert-OH is 1. The van der Waals surface area contributed by atoms with E-state index in [9.17, 15) is 14.7 Å². The number of carbonyl (C=O) groups excluding carboxylic acids is 1. The standard InChI is InChI=1S/C10H16N2O4/c1-3-6(2)11-10(16)12-5-7(13)4-8(12)9(14)15/h3,6-8,13H,1,4-5H2,2H3,(H,11,16)(H,14,15)/t6?,7-,8+/m1/s1. The Bertz CT molecular complexity index is 305. The summed E-state index contributed by atoms with van der Waals surface area (Å²) in [6.07, 6.45) is 0.844. The third-order valence-electron chi connectivity index (χ3n) is 2.53. The number of hydrogen-bond donors (Lipinski definition) is 3. The number of likely N-dealkylation sites (tertiary alicyclic amines) is 1. The first-order chi connectivity index (χ1) is 7.45. The number of hydrogen-bond acceptors (Lipinski definition) is 3. The third kappa shape index (κ3) is 2.73. The first-order valence-corrected chi connectivity index (χ1v) is 5.06. The molecule has 0 aromatic rings. The highest BCUT2D eigenvalue weighted by atomic mass is 16.4. The first-order valence-electron chi connectivity index (χ1n) is 5.06. The van der Waals surface area contributed by atoms with Crippen molar-refractivity contribution in [1.29, 1.82) is 0 Å². The Kier molecular flexibility index (Phi) is 3.89. The minimum Gasteiger partial charge on any atom is -0.480 e. The normalized spacial score (nSPS) is 26.2. The maximum atomic E-state index is 11.7. The Morgan fingerprint density at radius 3 is 2.75 bits per heavy atom. The molecule has 1 fully saturated rings. The number of carbonyl (C=O) groups is 2. The molecule has 90 valence electrons. The summed E-state index contributed by atoms with van der Waals surface area (Å²) >= 11 is 0. The van der Waals surface area contributed by atoms with Gasteiger partial charge in [-0.2, -0.15) is 0 Å². The van der Waals surface area contributed by atoms with Gasteiger partial charge in [0.05, 0.1) is 6.10 Å². The van der Waals surface area contributed by atoms with Crippen molar-refractivity contribution in [2.24, 2.45) is 0 Å². The highest BCUT2D eigenvalue weighted by molar-refractivity contribution is 5.83. The number of aliphatic hydroxyl groups is 1. The Labute approximate surface area is 93.5 Å². The molecule has 0 aliphatic carbocycles. The Hall–Kier alpha value is -1.56. The predicted octanol–water partition coefficient (Wildman–Crippen LogP) is -0.210. The number of carboxylic acid groups (broad SMARTS) is 1. The van der Waals surface area contributed by atoms with Gasteiger partial charge in [0.25, 0.3) is 0 Å². The third-order valence-corrected chi connectivity index (χ3v) is 2.53. The fraction of sp³-hybridized carbons (Fsp3) is 0.600. The molecule has 0 aromatic heterocycles. The number of nitrogens with zero attached hydrogens (tertiary/aromatic N) is 1. The quantitative estimate of drug-likeness (QED) is 0.583. The van der Waals surface area contributed by atoms with E-state index < -0.39 is 24.1 Å². The topological polar surface area (TPSA) is 89.9 Å². The van der Waals surface area contributed by atoms with Gasteiger partial charge in [0.1, 0.15) is 6.04 Å². The number of aliphatic carboxylic acids is 1. The molecule has 16 heavy (non-hydrogen) atoms. The van der Waals surface area contributed by atoms with E-state index >= 15 is 0 Å². The zero-order valence-electron chi connectivity index (χ0n) is 9.09. The van der Waals surface area contributed by atoms with E-state index in [0.29, 0.717) is 0 Å². The van der Waals surface area contributed by atoms with Crippen LogP contribution in [-0.4, -0.2) is 51.8 Å². The van der Waals surface area contributed by atoms with Crippen molar-refractivity contribution in [3.05, 3.63) is 12.7 Å². The van der Waals surface area contributed by atoms with Gasteiger partial charge in [-0.05, 0) is 6.92 Å². The molecule has 0 radical (unpaired) electrons. The fourth-order valence-corrected chi connectivity index (χ4v) is 1.61. The molecule has 1 aliphatic rings. The fourth-order valence-electron chi connectivity index (χ4n) is 1.61. The molecule has 1 rings (SSSR count). The molecular formula is C10H16N2O4. The zero-order chi connectivity index (χ0) is 12.3. The van der Waals surface area contributed by atoms with Gasteiger partial charge in [-0.25, -0.2) is 9.59 Å². The van der Waals surface area contributed by atoms with Gasteiger partial charge < -0.3 is 20.4 Å². The summed E-state index contributed by atoms with van der Waals surface area (Å²) in [6, 6.07) is -1.68. The minimum absolute atomic E-state index is 0.0483. The number of nitrogens with one attached hydrogen (secondary N) is 1. The molecule has 1 unspecified atom stereocenters. The molecular weight excluding hydrogens is 212 g/mol. The van der Waals surface area contributed by atoms with Gasteiger partial charge >= 0.3 is 12.0 Å². The van der Waals surface area contributed by atoms with Gasteiger partial charge in [-0.3, -0.25) is 0 Å². The molecule has 0 spiro atoms. The van der Waals surface area contributed by atoms with Crippen molar-refractivity contribution >= 4 is 12.0 Å². The molecule has 1 heterocycles. The number of carboxylic acids is 1. The molecule has 0 bridgehead atoms. The molecule has 3 atom stereocenters. The molecule has 6 nitrogen and oxygen atoms in total. The lowest BCUT2D eigenvalue weighted by molar-refractivity contribution is -0.141. The van der Waals surface area contributed by atoms with Gasteiger partial charge in [-0.15, -0.1) is 6.58 Å². The van der Waals surface area contributed by atoms with Crippen LogP contribution in [0.1, 0.15) is 13.3 Å². The van der Waals surface area contributed by atoms with E-state index in [4.69, 9.17) is 5.11 Å². The number of amides is 2. The molecule has 0 saturated carbocycles. The van der Waals surface area contributed by atoms with Crippen LogP contribution in [0, 0.1) is 0 Å². The monoisotopic (exact) mass is 228 g/mol. The van der Waals surface area contributed by atoms with Crippen LogP contribution in [0.5, 0.6) is 0 Å². The summed E-state index contributed by atoms with van der Waals surface area (Å²) in [5, 5.41) is 20.8. The molecule has 0 aromatic carbocycles. The smallest absolute Gasteiger partial charge is 0.326 e. The van der Waals surface area contributed by atoms with Crippen molar-refractivity contribution in [2.75, 3.05) is 6.54 Å². The Morgan fingerprint density at radius 2 is 2.25 bits per heavy atom. The van der Waals surface area contributed by atoms with Gasteiger partial charge in [-0.1, -0.05) is 6.08 Å². The largest absolute Gasteiger partial charge is 0.480 e. The number of β-amino-alcohol motifs (C(OH)–C–C–N with tert-alkyl or cyclic N) is 1. The number of urea groups is 1. The van der Waals surface area contributed by atoms with E-state index in [1.807, 2.05) is 0 Å². The first kappa shape index (κ1) is 12.5. The average Bonchev–Trinajstić information content (AvgIpc) is 2.60. The second kappa shape index (κ2) is 4.98. The minimum atomic E-state index is -1.10. The van der Waals surface area contributed by atoms with Crippen molar-refractivity contribution in [3.8, 4) is 0 Å². The molecule has 3 N–H and O–H groups in total. The van der Waals surface area contributed by atoms with Crippen LogP contribution in [0.3, 0.4) is 0 Å². The van der Waals surface area contributed by atoms with Crippen LogP contribution in [0.2, 0.25) is 0 Å². The summed E-state index contributed by atoms with van der Waals surface area (Å²) in [5.74, 6) is -1.10. The Morgan fingerprint density at radius 1 is 1.62 bits per heavy atom. The highest BCUT2D eigenvalue weighted by Crippen LogP contribution is 2.18. The summed E-state index contributed by atoms with van der Waals surface area (Å²) in [4.78, 5) is 23.7. The predicted molar refractivity (Wildman–Crippen MR) is 56.9 cm³/mol. The summed E-state index contributed by atoms with van der Waals surface area (Å²) in [5.41, 5.74) is 0. The molecule has 6 heteroatoms. The van der Waals surface area contributed by atoms with Crippen molar-refractivity contribution in [3.63, 3.8) is 0 Å². The van der Waals surface area contributed by atoms with E-state index in [1.54, 1.807) is 13.0 Å². The maximum Gasteiger partial charge on any atom is 0.326 e. The van der Waals surface area contributed by atoms with Crippen LogP contribution < -0.4 is 5.32 Å². The number of rotatable bonds is 3.